The highest BCUT2D eigenvalue weighted by atomic mass is 35.5. The molecule has 0 aromatic heterocycles. The second-order valence-electron chi connectivity index (χ2n) is 6.79. The molecule has 1 fully saturated rings. The topological polar surface area (TPSA) is 44.8 Å². The zero-order chi connectivity index (χ0) is 18.9. The zero-order valence-corrected chi connectivity index (χ0v) is 17.2. The van der Waals surface area contributed by atoms with Crippen molar-refractivity contribution < 1.29 is 9.53 Å². The molecular formula is C19H29Cl2N3O2. The van der Waals surface area contributed by atoms with Crippen molar-refractivity contribution >= 4 is 29.1 Å². The third-order valence-corrected chi connectivity index (χ3v) is 5.36. The number of rotatable bonds is 9. The van der Waals surface area contributed by atoms with Crippen LogP contribution in [0.25, 0.3) is 0 Å². The van der Waals surface area contributed by atoms with Gasteiger partial charge in [0.25, 0.3) is 0 Å². The van der Waals surface area contributed by atoms with Crippen molar-refractivity contribution in [3.63, 3.8) is 0 Å². The number of hydrogen-bond acceptors (Lipinski definition) is 4. The number of carbonyl (C=O) groups excluding carboxylic acids is 1. The van der Waals surface area contributed by atoms with Gasteiger partial charge in [-0.25, -0.2) is 0 Å². The summed E-state index contributed by atoms with van der Waals surface area (Å²) in [4.78, 5) is 15.9. The van der Waals surface area contributed by atoms with E-state index in [1.807, 2.05) is 18.0 Å². The van der Waals surface area contributed by atoms with Crippen LogP contribution in [0.3, 0.4) is 0 Å². The fourth-order valence-corrected chi connectivity index (χ4v) is 3.68. The monoisotopic (exact) mass is 401 g/mol. The maximum absolute atomic E-state index is 11.5. The van der Waals surface area contributed by atoms with E-state index in [2.05, 4.69) is 10.2 Å². The zero-order valence-electron chi connectivity index (χ0n) is 15.7. The molecule has 2 rings (SSSR count). The number of carbonyl (C=O) groups is 1. The van der Waals surface area contributed by atoms with Gasteiger partial charge in [0.1, 0.15) is 5.75 Å². The van der Waals surface area contributed by atoms with Gasteiger partial charge in [0.05, 0.1) is 18.2 Å². The number of hydrogen-bond donors (Lipinski definition) is 1. The van der Waals surface area contributed by atoms with Crippen molar-refractivity contribution in [3.8, 4) is 5.75 Å². The molecule has 26 heavy (non-hydrogen) atoms. The molecule has 7 heteroatoms. The quantitative estimate of drug-likeness (QED) is 0.643. The number of likely N-dealkylation sites (tertiary alicyclic amines) is 1. The highest BCUT2D eigenvalue weighted by molar-refractivity contribution is 6.36. The number of amides is 1. The third-order valence-electron chi connectivity index (χ3n) is 4.60. The Hall–Kier alpha value is -1.01. The van der Waals surface area contributed by atoms with Gasteiger partial charge >= 0.3 is 0 Å². The van der Waals surface area contributed by atoms with Gasteiger partial charge in [-0.15, -0.1) is 0 Å². The Balaban J connectivity index is 1.87. The summed E-state index contributed by atoms with van der Waals surface area (Å²) in [6.45, 7) is 4.85. The van der Waals surface area contributed by atoms with Gasteiger partial charge in [-0.3, -0.25) is 9.69 Å². The number of halogens is 2. The summed E-state index contributed by atoms with van der Waals surface area (Å²) >= 11 is 12.8. The number of piperidine rings is 1. The first-order valence-corrected chi connectivity index (χ1v) is 9.98. The first-order valence-electron chi connectivity index (χ1n) is 9.22. The Kier molecular flexibility index (Phi) is 8.99. The summed E-state index contributed by atoms with van der Waals surface area (Å²) in [6, 6.07) is 3.62. The highest BCUT2D eigenvalue weighted by Crippen LogP contribution is 2.34. The molecule has 0 radical (unpaired) electrons. The first kappa shape index (κ1) is 21.3. The van der Waals surface area contributed by atoms with Crippen LogP contribution >= 0.6 is 23.2 Å². The van der Waals surface area contributed by atoms with Crippen LogP contribution in [0.5, 0.6) is 5.75 Å². The SMILES string of the molecule is CNC(=O)CN(C)Cc1c(Cl)ccc(OCCCN2CCCCC2)c1Cl. The van der Waals surface area contributed by atoms with E-state index in [1.54, 1.807) is 13.1 Å². The normalized spacial score (nSPS) is 15.3. The fraction of sp³-hybridized carbons (Fsp3) is 0.632. The van der Waals surface area contributed by atoms with Crippen LogP contribution < -0.4 is 10.1 Å². The summed E-state index contributed by atoms with van der Waals surface area (Å²) in [7, 11) is 3.47. The minimum absolute atomic E-state index is 0.0511. The Morgan fingerprint density at radius 3 is 2.69 bits per heavy atom. The average molecular weight is 402 g/mol. The molecule has 0 aliphatic carbocycles. The number of ether oxygens (including phenoxy) is 1. The van der Waals surface area contributed by atoms with Gasteiger partial charge in [0, 0.05) is 30.7 Å². The maximum Gasteiger partial charge on any atom is 0.233 e. The average Bonchev–Trinajstić information content (AvgIpc) is 2.64. The van der Waals surface area contributed by atoms with Crippen LogP contribution in [0.4, 0.5) is 0 Å². The molecule has 1 aromatic rings. The van der Waals surface area contributed by atoms with Gasteiger partial charge < -0.3 is 15.0 Å². The molecule has 0 unspecified atom stereocenters. The minimum atomic E-state index is -0.0511. The third kappa shape index (κ3) is 6.62. The van der Waals surface area contributed by atoms with Crippen molar-refractivity contribution in [2.24, 2.45) is 0 Å². The van der Waals surface area contributed by atoms with Gasteiger partial charge in [-0.1, -0.05) is 29.6 Å². The second kappa shape index (κ2) is 11.0. The molecule has 1 N–H and O–H groups in total. The minimum Gasteiger partial charge on any atom is -0.492 e. The molecule has 5 nitrogen and oxygen atoms in total. The van der Waals surface area contributed by atoms with Crippen molar-refractivity contribution in [2.45, 2.75) is 32.2 Å². The van der Waals surface area contributed by atoms with E-state index in [0.717, 1.165) is 18.5 Å². The standard InChI is InChI=1S/C19H29Cl2N3O2/c1-22-18(25)14-23(2)13-15-16(20)7-8-17(19(15)21)26-12-6-11-24-9-4-3-5-10-24/h7-8H,3-6,9-14H2,1-2H3,(H,22,25). The molecule has 1 heterocycles. The molecule has 0 spiro atoms. The number of benzene rings is 1. The molecule has 0 saturated carbocycles. The summed E-state index contributed by atoms with van der Waals surface area (Å²) in [5.41, 5.74) is 0.785. The smallest absolute Gasteiger partial charge is 0.233 e. The van der Waals surface area contributed by atoms with E-state index in [1.165, 1.54) is 32.4 Å². The predicted octanol–water partition coefficient (Wildman–Crippen LogP) is 3.43. The van der Waals surface area contributed by atoms with E-state index < -0.39 is 0 Å². The fourth-order valence-electron chi connectivity index (χ4n) is 3.14. The summed E-state index contributed by atoms with van der Waals surface area (Å²) in [5, 5.41) is 3.72. The molecule has 1 aromatic carbocycles. The Bertz CT molecular complexity index is 592. The number of nitrogens with zero attached hydrogens (tertiary/aromatic N) is 2. The van der Waals surface area contributed by atoms with E-state index in [-0.39, 0.29) is 12.5 Å². The second-order valence-corrected chi connectivity index (χ2v) is 7.57. The molecule has 0 atom stereocenters. The first-order chi connectivity index (χ1) is 12.5. The lowest BCUT2D eigenvalue weighted by molar-refractivity contribution is -0.121. The molecule has 1 aliphatic heterocycles. The van der Waals surface area contributed by atoms with Crippen LogP contribution in [-0.4, -0.2) is 62.6 Å². The van der Waals surface area contributed by atoms with Gasteiger partial charge in [0.15, 0.2) is 0 Å². The Morgan fingerprint density at radius 1 is 1.27 bits per heavy atom. The van der Waals surface area contributed by atoms with Crippen molar-refractivity contribution in [1.29, 1.82) is 0 Å². The van der Waals surface area contributed by atoms with Gasteiger partial charge in [-0.2, -0.15) is 0 Å². The Labute approximate surface area is 166 Å². The number of nitrogens with one attached hydrogen (secondary N) is 1. The summed E-state index contributed by atoms with van der Waals surface area (Å²) in [6.07, 6.45) is 4.93. The molecule has 1 amide bonds. The van der Waals surface area contributed by atoms with Crippen LogP contribution in [0.2, 0.25) is 10.0 Å². The van der Waals surface area contributed by atoms with E-state index in [0.29, 0.717) is 28.9 Å². The Morgan fingerprint density at radius 2 is 2.00 bits per heavy atom. The van der Waals surface area contributed by atoms with Crippen molar-refractivity contribution in [2.75, 3.05) is 46.9 Å². The molecule has 146 valence electrons. The van der Waals surface area contributed by atoms with E-state index in [4.69, 9.17) is 27.9 Å². The van der Waals surface area contributed by atoms with Gasteiger partial charge in [0.2, 0.25) is 5.91 Å². The van der Waals surface area contributed by atoms with Gasteiger partial charge in [-0.05, 0) is 51.5 Å². The van der Waals surface area contributed by atoms with Crippen LogP contribution in [-0.2, 0) is 11.3 Å². The van der Waals surface area contributed by atoms with E-state index >= 15 is 0 Å². The van der Waals surface area contributed by atoms with Crippen LogP contribution in [0.1, 0.15) is 31.2 Å². The molecule has 1 saturated heterocycles. The highest BCUT2D eigenvalue weighted by Gasteiger charge is 2.15. The number of likely N-dealkylation sites (N-methyl/N-ethyl adjacent to an activating group) is 2. The van der Waals surface area contributed by atoms with Crippen LogP contribution in [0, 0.1) is 0 Å². The largest absolute Gasteiger partial charge is 0.492 e. The van der Waals surface area contributed by atoms with Crippen LogP contribution in [0.15, 0.2) is 12.1 Å². The lowest BCUT2D eigenvalue weighted by Crippen LogP contribution is -2.32. The summed E-state index contributed by atoms with van der Waals surface area (Å²) < 4.78 is 5.89. The van der Waals surface area contributed by atoms with E-state index in [9.17, 15) is 4.79 Å². The lowest BCUT2D eigenvalue weighted by Gasteiger charge is -2.26. The summed E-state index contributed by atoms with van der Waals surface area (Å²) in [5.74, 6) is 0.600. The van der Waals surface area contributed by atoms with Crippen molar-refractivity contribution in [1.82, 2.24) is 15.1 Å². The molecule has 1 aliphatic rings. The lowest BCUT2D eigenvalue weighted by atomic mass is 10.1. The van der Waals surface area contributed by atoms with Crippen molar-refractivity contribution in [3.05, 3.63) is 27.7 Å². The predicted molar refractivity (Wildman–Crippen MR) is 107 cm³/mol. The molecule has 0 bridgehead atoms. The molecular weight excluding hydrogens is 373 g/mol. The maximum atomic E-state index is 11.5.